The first-order valence-electron chi connectivity index (χ1n) is 7.01. The summed E-state index contributed by atoms with van der Waals surface area (Å²) in [5.41, 5.74) is 3.93. The SMILES string of the molecule is CC(NC1CSCc2ccccc21)c1ccc(Cl)cc1Cl. The standard InChI is InChI=1S/C17H17Cl2NS/c1-11(14-7-6-13(18)8-16(14)19)20-17-10-21-9-12-4-2-3-5-15(12)17/h2-8,11,17,20H,9-10H2,1H3. The summed E-state index contributed by atoms with van der Waals surface area (Å²) in [6.45, 7) is 2.15. The largest absolute Gasteiger partial charge is 0.303 e. The molecule has 0 radical (unpaired) electrons. The molecule has 0 spiro atoms. The fraction of sp³-hybridized carbons (Fsp3) is 0.294. The highest BCUT2D eigenvalue weighted by Crippen LogP contribution is 2.34. The van der Waals surface area contributed by atoms with Crippen molar-refractivity contribution in [1.82, 2.24) is 5.32 Å². The van der Waals surface area contributed by atoms with Crippen LogP contribution in [0.3, 0.4) is 0 Å². The van der Waals surface area contributed by atoms with Crippen molar-refractivity contribution in [3.8, 4) is 0 Å². The van der Waals surface area contributed by atoms with Gasteiger partial charge in [-0.2, -0.15) is 11.8 Å². The third kappa shape index (κ3) is 3.40. The maximum atomic E-state index is 6.31. The van der Waals surface area contributed by atoms with Gasteiger partial charge in [-0.05, 0) is 35.7 Å². The van der Waals surface area contributed by atoms with Crippen molar-refractivity contribution in [3.05, 3.63) is 69.2 Å². The van der Waals surface area contributed by atoms with E-state index in [2.05, 4.69) is 36.5 Å². The summed E-state index contributed by atoms with van der Waals surface area (Å²) in [5.74, 6) is 2.19. The van der Waals surface area contributed by atoms with Crippen molar-refractivity contribution in [3.63, 3.8) is 0 Å². The van der Waals surface area contributed by atoms with E-state index in [4.69, 9.17) is 23.2 Å². The van der Waals surface area contributed by atoms with Crippen LogP contribution < -0.4 is 5.32 Å². The number of thioether (sulfide) groups is 1. The van der Waals surface area contributed by atoms with Gasteiger partial charge in [0, 0.05) is 33.6 Å². The Balaban J connectivity index is 1.81. The number of hydrogen-bond acceptors (Lipinski definition) is 2. The number of rotatable bonds is 3. The number of halogens is 2. The lowest BCUT2D eigenvalue weighted by Gasteiger charge is -2.29. The molecule has 4 heteroatoms. The zero-order chi connectivity index (χ0) is 14.8. The smallest absolute Gasteiger partial charge is 0.0468 e. The molecule has 2 unspecified atom stereocenters. The zero-order valence-electron chi connectivity index (χ0n) is 11.8. The predicted molar refractivity (Wildman–Crippen MR) is 93.4 cm³/mol. The average Bonchev–Trinajstić information content (AvgIpc) is 2.47. The Hall–Kier alpha value is -0.670. The number of fused-ring (bicyclic) bond motifs is 1. The zero-order valence-corrected chi connectivity index (χ0v) is 14.1. The summed E-state index contributed by atoms with van der Waals surface area (Å²) in [6, 6.07) is 14.9. The monoisotopic (exact) mass is 337 g/mol. The summed E-state index contributed by atoms with van der Waals surface area (Å²) in [6.07, 6.45) is 0. The fourth-order valence-electron chi connectivity index (χ4n) is 2.76. The Morgan fingerprint density at radius 3 is 2.81 bits per heavy atom. The van der Waals surface area contributed by atoms with Crippen molar-refractivity contribution >= 4 is 35.0 Å². The second-order valence-corrected chi connectivity index (χ2v) is 7.19. The van der Waals surface area contributed by atoms with Gasteiger partial charge in [-0.3, -0.25) is 0 Å². The third-order valence-electron chi connectivity index (χ3n) is 3.85. The van der Waals surface area contributed by atoms with Crippen LogP contribution in [0.1, 0.15) is 35.7 Å². The minimum absolute atomic E-state index is 0.187. The second kappa shape index (κ2) is 6.62. The Bertz CT molecular complexity index is 644. The van der Waals surface area contributed by atoms with Crippen molar-refractivity contribution in [2.45, 2.75) is 24.8 Å². The lowest BCUT2D eigenvalue weighted by Crippen LogP contribution is -2.29. The van der Waals surface area contributed by atoms with Gasteiger partial charge >= 0.3 is 0 Å². The molecule has 1 aliphatic heterocycles. The lowest BCUT2D eigenvalue weighted by atomic mass is 10.00. The van der Waals surface area contributed by atoms with Crippen LogP contribution in [0.2, 0.25) is 10.0 Å². The lowest BCUT2D eigenvalue weighted by molar-refractivity contribution is 0.496. The van der Waals surface area contributed by atoms with Crippen LogP contribution in [0.15, 0.2) is 42.5 Å². The molecular formula is C17H17Cl2NS. The molecule has 0 amide bonds. The summed E-state index contributed by atoms with van der Waals surface area (Å²) < 4.78 is 0. The number of benzene rings is 2. The molecule has 2 atom stereocenters. The molecular weight excluding hydrogens is 321 g/mol. The van der Waals surface area contributed by atoms with Gasteiger partial charge in [0.05, 0.1) is 0 Å². The van der Waals surface area contributed by atoms with Crippen LogP contribution in [-0.2, 0) is 5.75 Å². The maximum absolute atomic E-state index is 6.31. The topological polar surface area (TPSA) is 12.0 Å². The Kier molecular flexibility index (Phi) is 4.80. The minimum atomic E-state index is 0.187. The van der Waals surface area contributed by atoms with E-state index in [1.807, 2.05) is 23.9 Å². The summed E-state index contributed by atoms with van der Waals surface area (Å²) in [5, 5.41) is 5.10. The molecule has 0 bridgehead atoms. The van der Waals surface area contributed by atoms with E-state index in [1.54, 1.807) is 6.07 Å². The van der Waals surface area contributed by atoms with Gasteiger partial charge in [0.25, 0.3) is 0 Å². The van der Waals surface area contributed by atoms with Gasteiger partial charge in [0.1, 0.15) is 0 Å². The van der Waals surface area contributed by atoms with Crippen LogP contribution >= 0.6 is 35.0 Å². The summed E-state index contributed by atoms with van der Waals surface area (Å²) in [4.78, 5) is 0. The second-order valence-electron chi connectivity index (χ2n) is 5.32. The van der Waals surface area contributed by atoms with Crippen LogP contribution in [-0.4, -0.2) is 5.75 Å². The van der Waals surface area contributed by atoms with Crippen molar-refractivity contribution in [1.29, 1.82) is 0 Å². The Morgan fingerprint density at radius 1 is 1.19 bits per heavy atom. The van der Waals surface area contributed by atoms with E-state index in [-0.39, 0.29) is 6.04 Å². The molecule has 2 aromatic rings. The molecule has 1 heterocycles. The minimum Gasteiger partial charge on any atom is -0.303 e. The van der Waals surface area contributed by atoms with Gasteiger partial charge in [-0.15, -0.1) is 0 Å². The van der Waals surface area contributed by atoms with Crippen molar-refractivity contribution in [2.75, 3.05) is 5.75 Å². The van der Waals surface area contributed by atoms with Gasteiger partial charge < -0.3 is 5.32 Å². The number of hydrogen-bond donors (Lipinski definition) is 1. The van der Waals surface area contributed by atoms with Crippen LogP contribution in [0.5, 0.6) is 0 Å². The van der Waals surface area contributed by atoms with Crippen molar-refractivity contribution in [2.24, 2.45) is 0 Å². The highest BCUT2D eigenvalue weighted by Gasteiger charge is 2.22. The molecule has 2 aromatic carbocycles. The third-order valence-corrected chi connectivity index (χ3v) is 5.50. The highest BCUT2D eigenvalue weighted by atomic mass is 35.5. The van der Waals surface area contributed by atoms with Crippen LogP contribution in [0, 0.1) is 0 Å². The molecule has 1 nitrogen and oxygen atoms in total. The molecule has 1 N–H and O–H groups in total. The predicted octanol–water partition coefficient (Wildman–Crippen LogP) is 5.63. The van der Waals surface area contributed by atoms with E-state index in [0.717, 1.165) is 22.1 Å². The fourth-order valence-corrected chi connectivity index (χ4v) is 4.45. The molecule has 0 saturated carbocycles. The van der Waals surface area contributed by atoms with Gasteiger partial charge in [0.2, 0.25) is 0 Å². The number of nitrogens with one attached hydrogen (secondary N) is 1. The van der Waals surface area contributed by atoms with E-state index in [1.165, 1.54) is 11.1 Å². The van der Waals surface area contributed by atoms with E-state index in [0.29, 0.717) is 11.1 Å². The molecule has 0 saturated heterocycles. The van der Waals surface area contributed by atoms with E-state index >= 15 is 0 Å². The maximum Gasteiger partial charge on any atom is 0.0468 e. The normalized spacial score (nSPS) is 19.1. The van der Waals surface area contributed by atoms with Crippen molar-refractivity contribution < 1.29 is 0 Å². The Morgan fingerprint density at radius 2 is 2.00 bits per heavy atom. The summed E-state index contributed by atoms with van der Waals surface area (Å²) in [7, 11) is 0. The molecule has 0 aliphatic carbocycles. The first-order chi connectivity index (χ1) is 10.1. The van der Waals surface area contributed by atoms with Gasteiger partial charge in [-0.1, -0.05) is 53.5 Å². The molecule has 3 rings (SSSR count). The first kappa shape index (κ1) is 15.2. The van der Waals surface area contributed by atoms with Crippen LogP contribution in [0.25, 0.3) is 0 Å². The molecule has 1 aliphatic rings. The van der Waals surface area contributed by atoms with Crippen LogP contribution in [0.4, 0.5) is 0 Å². The molecule has 110 valence electrons. The quantitative estimate of drug-likeness (QED) is 0.778. The average molecular weight is 338 g/mol. The Labute approximate surface area is 140 Å². The summed E-state index contributed by atoms with van der Waals surface area (Å²) >= 11 is 14.3. The molecule has 0 aromatic heterocycles. The van der Waals surface area contributed by atoms with E-state index < -0.39 is 0 Å². The van der Waals surface area contributed by atoms with Gasteiger partial charge in [0.15, 0.2) is 0 Å². The van der Waals surface area contributed by atoms with Gasteiger partial charge in [-0.25, -0.2) is 0 Å². The highest BCUT2D eigenvalue weighted by molar-refractivity contribution is 7.98. The molecule has 21 heavy (non-hydrogen) atoms. The molecule has 0 fully saturated rings. The van der Waals surface area contributed by atoms with E-state index in [9.17, 15) is 0 Å². The first-order valence-corrected chi connectivity index (χ1v) is 8.93.